The monoisotopic (exact) mass is 367 g/mol. The zero-order chi connectivity index (χ0) is 15.5. The molecule has 0 aromatic heterocycles. The number of halogens is 1. The van der Waals surface area contributed by atoms with E-state index >= 15 is 0 Å². The van der Waals surface area contributed by atoms with Gasteiger partial charge in [0.1, 0.15) is 0 Å². The summed E-state index contributed by atoms with van der Waals surface area (Å²) in [7, 11) is 0. The molecule has 0 spiro atoms. The summed E-state index contributed by atoms with van der Waals surface area (Å²) in [5, 5.41) is 7.97. The second-order valence-corrected chi connectivity index (χ2v) is 6.32. The van der Waals surface area contributed by atoms with Gasteiger partial charge in [0.15, 0.2) is 11.5 Å². The molecule has 2 unspecified atom stereocenters. The first kappa shape index (κ1) is 15.6. The summed E-state index contributed by atoms with van der Waals surface area (Å²) in [5.41, 5.74) is 5.74. The minimum atomic E-state index is 0.189. The number of rotatable bonds is 5. The van der Waals surface area contributed by atoms with Gasteiger partial charge in [-0.05, 0) is 47.5 Å². The highest BCUT2D eigenvalue weighted by Gasteiger charge is 2.35. The van der Waals surface area contributed by atoms with E-state index in [0.29, 0.717) is 19.1 Å². The molecule has 2 N–H and O–H groups in total. The van der Waals surface area contributed by atoms with Crippen molar-refractivity contribution >= 4 is 21.6 Å². The average molecular weight is 368 g/mol. The van der Waals surface area contributed by atoms with E-state index in [1.807, 2.05) is 13.8 Å². The first-order valence-electron chi connectivity index (χ1n) is 7.86. The lowest BCUT2D eigenvalue weighted by Gasteiger charge is -2.26. The Hall–Kier alpha value is -1.27. The van der Waals surface area contributed by atoms with Gasteiger partial charge >= 0.3 is 0 Å². The maximum absolute atomic E-state index is 5.77. The predicted molar refractivity (Wildman–Crippen MR) is 90.8 cm³/mol. The Balaban J connectivity index is 1.91. The third-order valence-corrected chi connectivity index (χ3v) is 4.67. The SMILES string of the molecule is CCOc1cc(C2NN=C3CCNCC32)cc(Br)c1OCC. The molecule has 0 bridgehead atoms. The summed E-state index contributed by atoms with van der Waals surface area (Å²) in [4.78, 5) is 0. The van der Waals surface area contributed by atoms with Crippen molar-refractivity contribution in [1.82, 2.24) is 10.7 Å². The second-order valence-electron chi connectivity index (χ2n) is 5.47. The molecule has 2 atom stereocenters. The maximum Gasteiger partial charge on any atom is 0.175 e. The third-order valence-electron chi connectivity index (χ3n) is 4.08. The molecule has 1 aromatic carbocycles. The summed E-state index contributed by atoms with van der Waals surface area (Å²) in [6, 6.07) is 4.37. The van der Waals surface area contributed by atoms with Crippen molar-refractivity contribution in [1.29, 1.82) is 0 Å². The van der Waals surface area contributed by atoms with E-state index in [1.165, 1.54) is 11.3 Å². The largest absolute Gasteiger partial charge is 0.490 e. The summed E-state index contributed by atoms with van der Waals surface area (Å²) in [6.07, 6.45) is 1.02. The van der Waals surface area contributed by atoms with Crippen LogP contribution in [0.4, 0.5) is 0 Å². The molecule has 0 amide bonds. The number of benzene rings is 1. The number of ether oxygens (including phenoxy) is 2. The van der Waals surface area contributed by atoms with E-state index in [4.69, 9.17) is 9.47 Å². The van der Waals surface area contributed by atoms with E-state index in [2.05, 4.69) is 43.9 Å². The smallest absolute Gasteiger partial charge is 0.175 e. The molecule has 120 valence electrons. The van der Waals surface area contributed by atoms with Crippen molar-refractivity contribution in [2.45, 2.75) is 26.3 Å². The fourth-order valence-electron chi connectivity index (χ4n) is 3.09. The van der Waals surface area contributed by atoms with Crippen LogP contribution in [0.1, 0.15) is 31.9 Å². The summed E-state index contributed by atoms with van der Waals surface area (Å²) in [5.74, 6) is 1.97. The van der Waals surface area contributed by atoms with Crippen molar-refractivity contribution < 1.29 is 9.47 Å². The van der Waals surface area contributed by atoms with Crippen LogP contribution in [0.5, 0.6) is 11.5 Å². The molecule has 2 aliphatic rings. The van der Waals surface area contributed by atoms with E-state index in [-0.39, 0.29) is 6.04 Å². The van der Waals surface area contributed by atoms with Crippen LogP contribution in [0.25, 0.3) is 0 Å². The van der Waals surface area contributed by atoms with Gasteiger partial charge in [-0.25, -0.2) is 0 Å². The van der Waals surface area contributed by atoms with Crippen LogP contribution in [-0.4, -0.2) is 32.0 Å². The third kappa shape index (κ3) is 2.94. The van der Waals surface area contributed by atoms with Gasteiger partial charge in [-0.2, -0.15) is 5.10 Å². The Kier molecular flexibility index (Phi) is 4.88. The summed E-state index contributed by atoms with van der Waals surface area (Å²) < 4.78 is 12.4. The molecule has 1 saturated heterocycles. The molecule has 1 fully saturated rings. The lowest BCUT2D eigenvalue weighted by Crippen LogP contribution is -2.38. The molecule has 0 radical (unpaired) electrons. The molecule has 6 heteroatoms. The molecule has 1 aromatic rings. The molecule has 0 saturated carbocycles. The van der Waals surface area contributed by atoms with E-state index in [0.717, 1.165) is 35.5 Å². The molecule has 22 heavy (non-hydrogen) atoms. The first-order chi connectivity index (χ1) is 10.7. The topological polar surface area (TPSA) is 54.9 Å². The molecule has 0 aliphatic carbocycles. The lowest BCUT2D eigenvalue weighted by molar-refractivity contribution is 0.285. The van der Waals surface area contributed by atoms with Gasteiger partial charge in [-0.1, -0.05) is 0 Å². The molecule has 3 rings (SSSR count). The number of fused-ring (bicyclic) bond motifs is 1. The van der Waals surface area contributed by atoms with Gasteiger partial charge in [0.25, 0.3) is 0 Å². The van der Waals surface area contributed by atoms with Gasteiger partial charge in [-0.3, -0.25) is 0 Å². The van der Waals surface area contributed by atoms with Crippen LogP contribution in [0, 0.1) is 5.92 Å². The Morgan fingerprint density at radius 1 is 1.27 bits per heavy atom. The molecule has 2 aliphatic heterocycles. The number of hydrogen-bond donors (Lipinski definition) is 2. The number of hydrazone groups is 1. The van der Waals surface area contributed by atoms with E-state index in [1.54, 1.807) is 0 Å². The Morgan fingerprint density at radius 2 is 2.09 bits per heavy atom. The Labute approximate surface area is 139 Å². The summed E-state index contributed by atoms with van der Waals surface area (Å²) in [6.45, 7) is 7.16. The van der Waals surface area contributed by atoms with Gasteiger partial charge in [-0.15, -0.1) is 0 Å². The fourth-order valence-corrected chi connectivity index (χ4v) is 3.66. The van der Waals surface area contributed by atoms with Gasteiger partial charge in [0.05, 0.1) is 23.7 Å². The second kappa shape index (κ2) is 6.87. The number of nitrogens with zero attached hydrogens (tertiary/aromatic N) is 1. The Morgan fingerprint density at radius 3 is 2.86 bits per heavy atom. The molecular formula is C16H22BrN3O2. The zero-order valence-corrected chi connectivity index (χ0v) is 14.6. The molecule has 5 nitrogen and oxygen atoms in total. The fraction of sp³-hybridized carbons (Fsp3) is 0.562. The number of nitrogens with one attached hydrogen (secondary N) is 2. The molecule has 2 heterocycles. The first-order valence-corrected chi connectivity index (χ1v) is 8.65. The summed E-state index contributed by atoms with van der Waals surface area (Å²) >= 11 is 3.62. The zero-order valence-electron chi connectivity index (χ0n) is 13.0. The number of hydrogen-bond acceptors (Lipinski definition) is 5. The van der Waals surface area contributed by atoms with Gasteiger partial charge in [0.2, 0.25) is 0 Å². The van der Waals surface area contributed by atoms with Gasteiger partial charge in [0, 0.05) is 31.1 Å². The lowest BCUT2D eigenvalue weighted by atomic mass is 9.87. The van der Waals surface area contributed by atoms with E-state index < -0.39 is 0 Å². The van der Waals surface area contributed by atoms with Crippen LogP contribution < -0.4 is 20.2 Å². The van der Waals surface area contributed by atoms with Crippen LogP contribution >= 0.6 is 15.9 Å². The normalized spacial score (nSPS) is 23.5. The highest BCUT2D eigenvalue weighted by Crippen LogP contribution is 2.41. The van der Waals surface area contributed by atoms with Crippen molar-refractivity contribution in [3.8, 4) is 11.5 Å². The van der Waals surface area contributed by atoms with Crippen molar-refractivity contribution in [3.63, 3.8) is 0 Å². The van der Waals surface area contributed by atoms with Crippen molar-refractivity contribution in [2.24, 2.45) is 11.0 Å². The minimum Gasteiger partial charge on any atom is -0.490 e. The minimum absolute atomic E-state index is 0.189. The number of piperidine rings is 1. The van der Waals surface area contributed by atoms with Crippen LogP contribution in [0.2, 0.25) is 0 Å². The van der Waals surface area contributed by atoms with Crippen LogP contribution in [0.15, 0.2) is 21.7 Å². The quantitative estimate of drug-likeness (QED) is 0.839. The van der Waals surface area contributed by atoms with Crippen molar-refractivity contribution in [3.05, 3.63) is 22.2 Å². The van der Waals surface area contributed by atoms with Gasteiger partial charge < -0.3 is 20.2 Å². The standard InChI is InChI=1S/C16H22BrN3O2/c1-3-21-14-8-10(7-12(17)16(14)22-4-2)15-11-9-18-6-5-13(11)19-20-15/h7-8,11,15,18,20H,3-6,9H2,1-2H3. The average Bonchev–Trinajstić information content (AvgIpc) is 2.95. The highest BCUT2D eigenvalue weighted by atomic mass is 79.9. The van der Waals surface area contributed by atoms with E-state index in [9.17, 15) is 0 Å². The van der Waals surface area contributed by atoms with Crippen LogP contribution in [0.3, 0.4) is 0 Å². The Bertz CT molecular complexity index is 577. The van der Waals surface area contributed by atoms with Crippen molar-refractivity contribution in [2.75, 3.05) is 26.3 Å². The van der Waals surface area contributed by atoms with Crippen LogP contribution in [-0.2, 0) is 0 Å². The highest BCUT2D eigenvalue weighted by molar-refractivity contribution is 9.10. The predicted octanol–water partition coefficient (Wildman–Crippen LogP) is 2.86. The molecular weight excluding hydrogens is 346 g/mol. The maximum atomic E-state index is 5.77.